The Morgan fingerprint density at radius 2 is 1.88 bits per heavy atom. The first-order chi connectivity index (χ1) is 16.0. The molecule has 1 saturated heterocycles. The maximum Gasteiger partial charge on any atom is 0.274 e. The number of piperazine rings is 1. The quantitative estimate of drug-likeness (QED) is 0.551. The number of aromatic nitrogens is 2. The van der Waals surface area contributed by atoms with Gasteiger partial charge in [0.05, 0.1) is 0 Å². The van der Waals surface area contributed by atoms with Crippen LogP contribution in [0.1, 0.15) is 21.6 Å². The Morgan fingerprint density at radius 3 is 2.70 bits per heavy atom. The number of amides is 1. The van der Waals surface area contributed by atoms with Crippen LogP contribution in [0.2, 0.25) is 5.02 Å². The molecule has 2 aliphatic heterocycles. The van der Waals surface area contributed by atoms with Crippen LogP contribution < -0.4 is 14.2 Å². The molecule has 8 nitrogen and oxygen atoms in total. The molecule has 172 valence electrons. The summed E-state index contributed by atoms with van der Waals surface area (Å²) < 4.78 is 18.2. The van der Waals surface area contributed by atoms with Crippen LogP contribution in [-0.4, -0.2) is 58.5 Å². The first kappa shape index (κ1) is 21.6. The number of ether oxygens (including phenoxy) is 3. The van der Waals surface area contributed by atoms with E-state index in [0.29, 0.717) is 29.6 Å². The second-order valence-electron chi connectivity index (χ2n) is 8.18. The Bertz CT molecular complexity index is 1160. The van der Waals surface area contributed by atoms with Gasteiger partial charge in [-0.3, -0.25) is 9.69 Å². The molecule has 0 aliphatic carbocycles. The van der Waals surface area contributed by atoms with E-state index in [2.05, 4.69) is 16.1 Å². The van der Waals surface area contributed by atoms with Crippen LogP contribution >= 0.6 is 11.6 Å². The molecule has 2 aromatic carbocycles. The maximum atomic E-state index is 12.9. The predicted octanol–water partition coefficient (Wildman–Crippen LogP) is 3.57. The van der Waals surface area contributed by atoms with E-state index in [0.717, 1.165) is 36.7 Å². The molecule has 9 heteroatoms. The second kappa shape index (κ2) is 9.33. The average Bonchev–Trinajstić information content (AvgIpc) is 3.49. The molecular formula is C24H25ClN4O4. The van der Waals surface area contributed by atoms with Gasteiger partial charge in [0.25, 0.3) is 5.91 Å². The van der Waals surface area contributed by atoms with Crippen molar-refractivity contribution in [3.05, 3.63) is 70.5 Å². The second-order valence-corrected chi connectivity index (χ2v) is 8.59. The normalized spacial score (nSPS) is 15.6. The highest BCUT2D eigenvalue weighted by Gasteiger charge is 2.24. The van der Waals surface area contributed by atoms with Crippen LogP contribution in [0.15, 0.2) is 48.7 Å². The van der Waals surface area contributed by atoms with Gasteiger partial charge in [0.1, 0.15) is 5.75 Å². The van der Waals surface area contributed by atoms with Gasteiger partial charge in [-0.05, 0) is 54.4 Å². The third-order valence-corrected chi connectivity index (χ3v) is 6.28. The van der Waals surface area contributed by atoms with Crippen molar-refractivity contribution in [2.45, 2.75) is 20.2 Å². The maximum absolute atomic E-state index is 12.9. The zero-order chi connectivity index (χ0) is 22.8. The highest BCUT2D eigenvalue weighted by Crippen LogP contribution is 2.32. The third-order valence-electron chi connectivity index (χ3n) is 5.86. The van der Waals surface area contributed by atoms with Crippen LogP contribution in [0.5, 0.6) is 17.2 Å². The molecule has 0 unspecified atom stereocenters. The summed E-state index contributed by atoms with van der Waals surface area (Å²) in [5.41, 5.74) is 2.55. The molecule has 2 aliphatic rings. The molecule has 33 heavy (non-hydrogen) atoms. The SMILES string of the molecule is Cc1cc(OCn2ccc(C(=O)N3CCN(Cc4ccc5c(c4)OCO5)CC3)n2)ccc1Cl. The van der Waals surface area contributed by atoms with Crippen LogP contribution in [0.3, 0.4) is 0 Å². The molecule has 3 heterocycles. The van der Waals surface area contributed by atoms with Crippen molar-refractivity contribution in [2.75, 3.05) is 33.0 Å². The van der Waals surface area contributed by atoms with Crippen molar-refractivity contribution in [3.8, 4) is 17.2 Å². The molecule has 3 aromatic rings. The molecule has 0 bridgehead atoms. The minimum atomic E-state index is -0.0567. The third kappa shape index (κ3) is 4.91. The van der Waals surface area contributed by atoms with Gasteiger partial charge in [0.2, 0.25) is 6.79 Å². The van der Waals surface area contributed by atoms with Crippen molar-refractivity contribution >= 4 is 17.5 Å². The van der Waals surface area contributed by atoms with Gasteiger partial charge in [0, 0.05) is 43.9 Å². The van der Waals surface area contributed by atoms with Gasteiger partial charge in [-0.15, -0.1) is 0 Å². The molecular weight excluding hydrogens is 444 g/mol. The van der Waals surface area contributed by atoms with E-state index >= 15 is 0 Å². The molecule has 0 radical (unpaired) electrons. The summed E-state index contributed by atoms with van der Waals surface area (Å²) in [6.45, 7) is 6.18. The fourth-order valence-corrected chi connectivity index (χ4v) is 4.08. The number of hydrogen-bond acceptors (Lipinski definition) is 6. The Morgan fingerprint density at radius 1 is 1.06 bits per heavy atom. The van der Waals surface area contributed by atoms with Crippen molar-refractivity contribution in [2.24, 2.45) is 0 Å². The Balaban J connectivity index is 1.12. The fraction of sp³-hybridized carbons (Fsp3) is 0.333. The van der Waals surface area contributed by atoms with E-state index in [1.807, 2.05) is 36.1 Å². The van der Waals surface area contributed by atoms with Crippen LogP contribution in [0.25, 0.3) is 0 Å². The summed E-state index contributed by atoms with van der Waals surface area (Å²) in [5, 5.41) is 5.09. The zero-order valence-electron chi connectivity index (χ0n) is 18.4. The fourth-order valence-electron chi connectivity index (χ4n) is 3.96. The van der Waals surface area contributed by atoms with Gasteiger partial charge in [-0.2, -0.15) is 5.10 Å². The number of hydrogen-bond donors (Lipinski definition) is 0. The summed E-state index contributed by atoms with van der Waals surface area (Å²) in [6, 6.07) is 13.3. The summed E-state index contributed by atoms with van der Waals surface area (Å²) in [4.78, 5) is 17.1. The van der Waals surface area contributed by atoms with E-state index in [-0.39, 0.29) is 19.4 Å². The Hall–Kier alpha value is -3.23. The predicted molar refractivity (Wildman–Crippen MR) is 123 cm³/mol. The van der Waals surface area contributed by atoms with Crippen LogP contribution in [0, 0.1) is 6.92 Å². The van der Waals surface area contributed by atoms with Crippen LogP contribution in [-0.2, 0) is 13.3 Å². The molecule has 1 aromatic heterocycles. The standard InChI is InChI=1S/C24H25ClN4O4/c1-17-12-19(3-4-20(17)25)31-15-29-7-6-21(26-29)24(30)28-10-8-27(9-11-28)14-18-2-5-22-23(13-18)33-16-32-22/h2-7,12-13H,8-11,14-16H2,1H3. The molecule has 0 saturated carbocycles. The van der Waals surface area contributed by atoms with E-state index < -0.39 is 0 Å². The number of carbonyl (C=O) groups is 1. The Kier molecular flexibility index (Phi) is 6.11. The minimum absolute atomic E-state index is 0.0567. The first-order valence-electron chi connectivity index (χ1n) is 10.9. The minimum Gasteiger partial charge on any atom is -0.471 e. The number of aryl methyl sites for hydroxylation is 1. The highest BCUT2D eigenvalue weighted by atomic mass is 35.5. The number of fused-ring (bicyclic) bond motifs is 1. The summed E-state index contributed by atoms with van der Waals surface area (Å²) in [5.74, 6) is 2.24. The molecule has 1 fully saturated rings. The van der Waals surface area contributed by atoms with E-state index in [9.17, 15) is 4.79 Å². The number of nitrogens with zero attached hydrogens (tertiary/aromatic N) is 4. The number of halogens is 1. The zero-order valence-corrected chi connectivity index (χ0v) is 19.1. The largest absolute Gasteiger partial charge is 0.471 e. The smallest absolute Gasteiger partial charge is 0.274 e. The monoisotopic (exact) mass is 468 g/mol. The van der Waals surface area contributed by atoms with Gasteiger partial charge in [-0.1, -0.05) is 17.7 Å². The lowest BCUT2D eigenvalue weighted by atomic mass is 10.1. The van der Waals surface area contributed by atoms with Crippen molar-refractivity contribution < 1.29 is 19.0 Å². The molecule has 1 amide bonds. The Labute approximate surface area is 197 Å². The molecule has 5 rings (SSSR count). The van der Waals surface area contributed by atoms with E-state index in [4.69, 9.17) is 25.8 Å². The topological polar surface area (TPSA) is 69.1 Å². The first-order valence-corrected chi connectivity index (χ1v) is 11.3. The van der Waals surface area contributed by atoms with Gasteiger partial charge in [0.15, 0.2) is 23.9 Å². The van der Waals surface area contributed by atoms with E-state index in [1.165, 1.54) is 5.56 Å². The number of benzene rings is 2. The average molecular weight is 469 g/mol. The molecule has 0 N–H and O–H groups in total. The number of carbonyl (C=O) groups excluding carboxylic acids is 1. The summed E-state index contributed by atoms with van der Waals surface area (Å²) in [7, 11) is 0. The highest BCUT2D eigenvalue weighted by molar-refractivity contribution is 6.31. The van der Waals surface area contributed by atoms with Crippen LogP contribution in [0.4, 0.5) is 0 Å². The molecule has 0 atom stereocenters. The van der Waals surface area contributed by atoms with Crippen molar-refractivity contribution in [1.82, 2.24) is 19.6 Å². The number of rotatable bonds is 6. The lowest BCUT2D eigenvalue weighted by molar-refractivity contribution is 0.0621. The molecule has 0 spiro atoms. The summed E-state index contributed by atoms with van der Waals surface area (Å²) in [6.07, 6.45) is 1.76. The van der Waals surface area contributed by atoms with Gasteiger partial charge in [-0.25, -0.2) is 4.68 Å². The van der Waals surface area contributed by atoms with E-state index in [1.54, 1.807) is 23.0 Å². The summed E-state index contributed by atoms with van der Waals surface area (Å²) >= 11 is 6.05. The van der Waals surface area contributed by atoms with Crippen molar-refractivity contribution in [1.29, 1.82) is 0 Å². The lowest BCUT2D eigenvalue weighted by Gasteiger charge is -2.34. The van der Waals surface area contributed by atoms with Gasteiger partial charge >= 0.3 is 0 Å². The lowest BCUT2D eigenvalue weighted by Crippen LogP contribution is -2.48. The van der Waals surface area contributed by atoms with Gasteiger partial charge < -0.3 is 19.1 Å². The van der Waals surface area contributed by atoms with Crippen molar-refractivity contribution in [3.63, 3.8) is 0 Å².